The second kappa shape index (κ2) is 6.47. The molecule has 0 fully saturated rings. The van der Waals surface area contributed by atoms with E-state index in [1.165, 1.54) is 17.6 Å². The Bertz CT molecular complexity index is 529. The van der Waals surface area contributed by atoms with Gasteiger partial charge in [0.1, 0.15) is 16.5 Å². The van der Waals surface area contributed by atoms with E-state index < -0.39 is 0 Å². The first-order valence-electron chi connectivity index (χ1n) is 6.23. The third-order valence-corrected chi connectivity index (χ3v) is 3.47. The molecule has 1 aromatic carbocycles. The van der Waals surface area contributed by atoms with Crippen molar-refractivity contribution in [2.45, 2.75) is 19.9 Å². The summed E-state index contributed by atoms with van der Waals surface area (Å²) in [6, 6.07) is 6.73. The average molecular weight is 280 g/mol. The Morgan fingerprint density at radius 2 is 2.16 bits per heavy atom. The van der Waals surface area contributed by atoms with E-state index in [0.29, 0.717) is 12.2 Å². The molecule has 0 saturated heterocycles. The number of nitrogens with one attached hydrogen (secondary N) is 1. The summed E-state index contributed by atoms with van der Waals surface area (Å²) in [4.78, 5) is 1.84. The molecule has 6 heteroatoms. The predicted molar refractivity (Wildman–Crippen MR) is 77.2 cm³/mol. The van der Waals surface area contributed by atoms with Gasteiger partial charge in [-0.25, -0.2) is 4.39 Å². The highest BCUT2D eigenvalue weighted by molar-refractivity contribution is 7.10. The topological polar surface area (TPSA) is 41.1 Å². The zero-order valence-corrected chi connectivity index (χ0v) is 11.9. The molecule has 0 bridgehead atoms. The fourth-order valence-electron chi connectivity index (χ4n) is 1.76. The number of nitrogens with zero attached hydrogens (tertiary/aromatic N) is 3. The van der Waals surface area contributed by atoms with Crippen molar-refractivity contribution in [3.63, 3.8) is 0 Å². The molecule has 1 aromatic heterocycles. The molecule has 0 aliphatic rings. The van der Waals surface area contributed by atoms with Gasteiger partial charge in [-0.05, 0) is 18.6 Å². The van der Waals surface area contributed by atoms with Gasteiger partial charge in [0, 0.05) is 25.1 Å². The number of para-hydroxylation sites is 1. The van der Waals surface area contributed by atoms with Crippen LogP contribution in [0.3, 0.4) is 0 Å². The molecule has 0 radical (unpaired) electrons. The summed E-state index contributed by atoms with van der Waals surface area (Å²) in [5.74, 6) is -0.226. The first-order chi connectivity index (χ1) is 9.22. The highest BCUT2D eigenvalue weighted by Crippen LogP contribution is 2.23. The number of hydrogen-bond acceptors (Lipinski definition) is 5. The molecule has 19 heavy (non-hydrogen) atoms. The third kappa shape index (κ3) is 3.41. The summed E-state index contributed by atoms with van der Waals surface area (Å²) in [5, 5.41) is 8.36. The molecule has 0 spiro atoms. The van der Waals surface area contributed by atoms with E-state index in [1.54, 1.807) is 12.1 Å². The van der Waals surface area contributed by atoms with Crippen LogP contribution in [0, 0.1) is 5.82 Å². The largest absolute Gasteiger partial charge is 0.374 e. The first kappa shape index (κ1) is 13.7. The Morgan fingerprint density at radius 1 is 1.37 bits per heavy atom. The van der Waals surface area contributed by atoms with Crippen molar-refractivity contribution in [3.8, 4) is 0 Å². The normalized spacial score (nSPS) is 10.5. The maximum absolute atomic E-state index is 13.7. The SMILES string of the molecule is CCCNc1snnc1CN(C)c1ccccc1F. The van der Waals surface area contributed by atoms with Crippen LogP contribution in [0.5, 0.6) is 0 Å². The lowest BCUT2D eigenvalue weighted by Gasteiger charge is -2.19. The Kier molecular flexibility index (Phi) is 4.68. The molecule has 2 rings (SSSR count). The number of anilines is 2. The molecule has 0 aliphatic carbocycles. The molecule has 4 nitrogen and oxygen atoms in total. The lowest BCUT2D eigenvalue weighted by molar-refractivity contribution is 0.621. The van der Waals surface area contributed by atoms with Gasteiger partial charge in [0.15, 0.2) is 0 Å². The maximum atomic E-state index is 13.7. The first-order valence-corrected chi connectivity index (χ1v) is 7.00. The van der Waals surface area contributed by atoms with Gasteiger partial charge in [-0.2, -0.15) is 0 Å². The van der Waals surface area contributed by atoms with E-state index in [9.17, 15) is 4.39 Å². The maximum Gasteiger partial charge on any atom is 0.146 e. The Balaban J connectivity index is 2.09. The molecule has 1 heterocycles. The fraction of sp³-hybridized carbons (Fsp3) is 0.385. The second-order valence-electron chi connectivity index (χ2n) is 4.28. The number of benzene rings is 1. The number of aromatic nitrogens is 2. The minimum Gasteiger partial charge on any atom is -0.374 e. The van der Waals surface area contributed by atoms with Gasteiger partial charge in [-0.15, -0.1) is 5.10 Å². The van der Waals surface area contributed by atoms with Gasteiger partial charge in [-0.1, -0.05) is 23.5 Å². The van der Waals surface area contributed by atoms with Crippen LogP contribution in [0.1, 0.15) is 19.0 Å². The molecular weight excluding hydrogens is 263 g/mol. The highest BCUT2D eigenvalue weighted by atomic mass is 32.1. The summed E-state index contributed by atoms with van der Waals surface area (Å²) >= 11 is 1.34. The van der Waals surface area contributed by atoms with Crippen molar-refractivity contribution in [1.82, 2.24) is 9.59 Å². The van der Waals surface area contributed by atoms with E-state index in [4.69, 9.17) is 0 Å². The zero-order chi connectivity index (χ0) is 13.7. The molecule has 102 valence electrons. The molecule has 0 saturated carbocycles. The number of rotatable bonds is 6. The van der Waals surface area contributed by atoms with E-state index in [-0.39, 0.29) is 5.82 Å². The Morgan fingerprint density at radius 3 is 2.89 bits per heavy atom. The van der Waals surface area contributed by atoms with Gasteiger partial charge in [0.2, 0.25) is 0 Å². The van der Waals surface area contributed by atoms with E-state index >= 15 is 0 Å². The molecule has 1 N–H and O–H groups in total. The van der Waals surface area contributed by atoms with Gasteiger partial charge in [-0.3, -0.25) is 0 Å². The third-order valence-electron chi connectivity index (χ3n) is 2.74. The average Bonchev–Trinajstić information content (AvgIpc) is 2.84. The van der Waals surface area contributed by atoms with Crippen molar-refractivity contribution in [3.05, 3.63) is 35.8 Å². The second-order valence-corrected chi connectivity index (χ2v) is 5.04. The Labute approximate surface area is 116 Å². The molecular formula is C13H17FN4S. The lowest BCUT2D eigenvalue weighted by atomic mass is 10.2. The van der Waals surface area contributed by atoms with Crippen LogP contribution >= 0.6 is 11.5 Å². The lowest BCUT2D eigenvalue weighted by Crippen LogP contribution is -2.18. The van der Waals surface area contributed by atoms with E-state index in [1.807, 2.05) is 18.0 Å². The van der Waals surface area contributed by atoms with Crippen molar-refractivity contribution >= 4 is 22.2 Å². The predicted octanol–water partition coefficient (Wildman–Crippen LogP) is 3.14. The molecule has 0 amide bonds. The minimum absolute atomic E-state index is 0.226. The van der Waals surface area contributed by atoms with Crippen molar-refractivity contribution in [2.75, 3.05) is 23.8 Å². The van der Waals surface area contributed by atoms with Gasteiger partial charge < -0.3 is 10.2 Å². The monoisotopic (exact) mass is 280 g/mol. The molecule has 2 aromatic rings. The quantitative estimate of drug-likeness (QED) is 0.882. The van der Waals surface area contributed by atoms with Crippen molar-refractivity contribution < 1.29 is 4.39 Å². The Hall–Kier alpha value is -1.69. The summed E-state index contributed by atoms with van der Waals surface area (Å²) in [7, 11) is 1.85. The minimum atomic E-state index is -0.226. The van der Waals surface area contributed by atoms with Gasteiger partial charge in [0.05, 0.1) is 12.2 Å². The van der Waals surface area contributed by atoms with Crippen LogP contribution in [0.25, 0.3) is 0 Å². The summed E-state index contributed by atoms with van der Waals surface area (Å²) in [5.41, 5.74) is 1.42. The smallest absolute Gasteiger partial charge is 0.146 e. The summed E-state index contributed by atoms with van der Waals surface area (Å²) in [6.45, 7) is 3.52. The molecule has 0 unspecified atom stereocenters. The van der Waals surface area contributed by atoms with E-state index in [0.717, 1.165) is 23.7 Å². The van der Waals surface area contributed by atoms with Crippen LogP contribution in [0.4, 0.5) is 15.1 Å². The highest BCUT2D eigenvalue weighted by Gasteiger charge is 2.12. The van der Waals surface area contributed by atoms with Crippen LogP contribution < -0.4 is 10.2 Å². The van der Waals surface area contributed by atoms with Crippen LogP contribution in [0.2, 0.25) is 0 Å². The number of hydrogen-bond donors (Lipinski definition) is 1. The fourth-order valence-corrected chi connectivity index (χ4v) is 2.35. The van der Waals surface area contributed by atoms with Crippen LogP contribution in [-0.2, 0) is 6.54 Å². The van der Waals surface area contributed by atoms with E-state index in [2.05, 4.69) is 21.8 Å². The molecule has 0 aliphatic heterocycles. The van der Waals surface area contributed by atoms with Crippen molar-refractivity contribution in [2.24, 2.45) is 0 Å². The summed E-state index contributed by atoms with van der Waals surface area (Å²) < 4.78 is 17.6. The zero-order valence-electron chi connectivity index (χ0n) is 11.1. The van der Waals surface area contributed by atoms with Crippen LogP contribution in [-0.4, -0.2) is 23.2 Å². The van der Waals surface area contributed by atoms with Gasteiger partial charge in [0.25, 0.3) is 0 Å². The van der Waals surface area contributed by atoms with Gasteiger partial charge >= 0.3 is 0 Å². The summed E-state index contributed by atoms with van der Waals surface area (Å²) in [6.07, 6.45) is 1.04. The van der Waals surface area contributed by atoms with Crippen LogP contribution in [0.15, 0.2) is 24.3 Å². The molecule has 0 atom stereocenters. The number of halogens is 1. The van der Waals surface area contributed by atoms with Crippen molar-refractivity contribution in [1.29, 1.82) is 0 Å². The standard InChI is InChI=1S/C13H17FN4S/c1-3-8-15-13-11(16-17-19-13)9-18(2)12-7-5-4-6-10(12)14/h4-7,15H,3,8-9H2,1-2H3.